The summed E-state index contributed by atoms with van der Waals surface area (Å²) in [7, 11) is 1.21. The highest BCUT2D eigenvalue weighted by molar-refractivity contribution is 6.03. The number of benzene rings is 2. The van der Waals surface area contributed by atoms with Crippen LogP contribution in [0.1, 0.15) is 21.6 Å². The quantitative estimate of drug-likeness (QED) is 0.442. The van der Waals surface area contributed by atoms with Crippen molar-refractivity contribution >= 4 is 34.7 Å². The minimum absolute atomic E-state index is 0.0213. The molecule has 0 amide bonds. The minimum atomic E-state index is -3.18. The molecule has 8 nitrogen and oxygen atoms in total. The van der Waals surface area contributed by atoms with Gasteiger partial charge in [0.25, 0.3) is 5.69 Å². The molecule has 0 saturated carbocycles. The van der Waals surface area contributed by atoms with Gasteiger partial charge in [0, 0.05) is 5.39 Å². The van der Waals surface area contributed by atoms with Crippen molar-refractivity contribution in [3.05, 3.63) is 69.4 Å². The number of nitro groups is 1. The SMILES string of the molecule is COc1cc(/C=C/c2cc(C(=O)O)c3ccccc3n2)c([N+](=O)[O-])cc1OC(F)F. The van der Waals surface area contributed by atoms with Gasteiger partial charge in [-0.25, -0.2) is 9.78 Å². The van der Waals surface area contributed by atoms with Crippen LogP contribution in [-0.4, -0.2) is 34.7 Å². The third-order valence-corrected chi connectivity index (χ3v) is 4.13. The lowest BCUT2D eigenvalue weighted by Gasteiger charge is -2.11. The number of hydrogen-bond donors (Lipinski definition) is 1. The maximum absolute atomic E-state index is 12.6. The van der Waals surface area contributed by atoms with E-state index in [9.17, 15) is 28.8 Å². The summed E-state index contributed by atoms with van der Waals surface area (Å²) in [6.07, 6.45) is 2.70. The van der Waals surface area contributed by atoms with E-state index in [2.05, 4.69) is 9.72 Å². The van der Waals surface area contributed by atoms with E-state index in [1.54, 1.807) is 24.3 Å². The average molecular weight is 416 g/mol. The Balaban J connectivity index is 2.09. The zero-order chi connectivity index (χ0) is 21.8. The van der Waals surface area contributed by atoms with Crippen LogP contribution >= 0.6 is 0 Å². The van der Waals surface area contributed by atoms with E-state index in [0.717, 1.165) is 6.07 Å². The van der Waals surface area contributed by atoms with Crippen molar-refractivity contribution in [1.82, 2.24) is 4.98 Å². The highest BCUT2D eigenvalue weighted by Crippen LogP contribution is 2.36. The fourth-order valence-corrected chi connectivity index (χ4v) is 2.84. The van der Waals surface area contributed by atoms with E-state index in [-0.39, 0.29) is 22.6 Å². The van der Waals surface area contributed by atoms with Crippen LogP contribution in [0.4, 0.5) is 14.5 Å². The second-order valence-corrected chi connectivity index (χ2v) is 5.95. The molecule has 0 unspecified atom stereocenters. The lowest BCUT2D eigenvalue weighted by atomic mass is 10.1. The van der Waals surface area contributed by atoms with Crippen molar-refractivity contribution in [3.8, 4) is 11.5 Å². The summed E-state index contributed by atoms with van der Waals surface area (Å²) in [6, 6.07) is 9.99. The van der Waals surface area contributed by atoms with Gasteiger partial charge in [-0.05, 0) is 30.4 Å². The molecule has 30 heavy (non-hydrogen) atoms. The zero-order valence-electron chi connectivity index (χ0n) is 15.4. The Labute approximate surface area is 168 Å². The Morgan fingerprint density at radius 3 is 2.57 bits per heavy atom. The van der Waals surface area contributed by atoms with E-state index >= 15 is 0 Å². The summed E-state index contributed by atoms with van der Waals surface area (Å²) in [5, 5.41) is 21.3. The van der Waals surface area contributed by atoms with Gasteiger partial charge < -0.3 is 14.6 Å². The molecule has 10 heteroatoms. The first-order chi connectivity index (χ1) is 14.3. The first kappa shape index (κ1) is 20.6. The molecule has 3 aromatic rings. The second kappa shape index (κ2) is 8.52. The number of carboxylic acids is 1. The number of ether oxygens (including phenoxy) is 2. The first-order valence-electron chi connectivity index (χ1n) is 8.42. The lowest BCUT2D eigenvalue weighted by molar-refractivity contribution is -0.385. The summed E-state index contributed by atoms with van der Waals surface area (Å²) in [6.45, 7) is -3.18. The Hall–Kier alpha value is -4.08. The monoisotopic (exact) mass is 416 g/mol. The summed E-state index contributed by atoms with van der Waals surface area (Å²) in [5.74, 6) is -1.75. The van der Waals surface area contributed by atoms with Gasteiger partial charge in [0.15, 0.2) is 11.5 Å². The number of aromatic nitrogens is 1. The molecule has 0 spiro atoms. The number of pyridine rings is 1. The third kappa shape index (κ3) is 4.32. The Bertz CT molecular complexity index is 1160. The molecule has 2 aromatic carbocycles. The maximum atomic E-state index is 12.6. The predicted molar refractivity (Wildman–Crippen MR) is 104 cm³/mol. The lowest BCUT2D eigenvalue weighted by Crippen LogP contribution is -2.05. The van der Waals surface area contributed by atoms with Crippen molar-refractivity contribution < 1.29 is 33.1 Å². The minimum Gasteiger partial charge on any atom is -0.493 e. The number of aromatic carboxylic acids is 1. The van der Waals surface area contributed by atoms with Crippen LogP contribution in [0.3, 0.4) is 0 Å². The molecule has 1 N–H and O–H groups in total. The molecule has 0 aliphatic rings. The van der Waals surface area contributed by atoms with E-state index in [4.69, 9.17) is 4.74 Å². The molecule has 0 aliphatic heterocycles. The number of methoxy groups -OCH3 is 1. The highest BCUT2D eigenvalue weighted by atomic mass is 19.3. The number of rotatable bonds is 7. The molecule has 3 rings (SSSR count). The van der Waals surface area contributed by atoms with Gasteiger partial charge in [-0.2, -0.15) is 8.78 Å². The summed E-state index contributed by atoms with van der Waals surface area (Å²) < 4.78 is 34.3. The Morgan fingerprint density at radius 1 is 1.20 bits per heavy atom. The molecular weight excluding hydrogens is 402 g/mol. The molecule has 0 atom stereocenters. The normalized spacial score (nSPS) is 11.2. The molecule has 0 aliphatic carbocycles. The molecule has 154 valence electrons. The Kier molecular flexibility index (Phi) is 5.86. The van der Waals surface area contributed by atoms with E-state index in [1.807, 2.05) is 0 Å². The number of fused-ring (bicyclic) bond motifs is 1. The largest absolute Gasteiger partial charge is 0.493 e. The molecule has 0 radical (unpaired) electrons. The van der Waals surface area contributed by atoms with Crippen LogP contribution < -0.4 is 9.47 Å². The van der Waals surface area contributed by atoms with Gasteiger partial charge in [0.05, 0.1) is 40.4 Å². The van der Waals surface area contributed by atoms with E-state index in [1.165, 1.54) is 31.4 Å². The highest BCUT2D eigenvalue weighted by Gasteiger charge is 2.20. The van der Waals surface area contributed by atoms with Crippen molar-refractivity contribution in [2.24, 2.45) is 0 Å². The van der Waals surface area contributed by atoms with Gasteiger partial charge in [0.2, 0.25) is 0 Å². The van der Waals surface area contributed by atoms with E-state index in [0.29, 0.717) is 10.9 Å². The molecule has 0 fully saturated rings. The number of halogens is 2. The fourth-order valence-electron chi connectivity index (χ4n) is 2.84. The zero-order valence-corrected chi connectivity index (χ0v) is 15.4. The van der Waals surface area contributed by atoms with Crippen molar-refractivity contribution in [1.29, 1.82) is 0 Å². The van der Waals surface area contributed by atoms with Crippen LogP contribution in [0.5, 0.6) is 11.5 Å². The number of para-hydroxylation sites is 1. The molecule has 0 bridgehead atoms. The second-order valence-electron chi connectivity index (χ2n) is 5.95. The van der Waals surface area contributed by atoms with Crippen LogP contribution in [0.15, 0.2) is 42.5 Å². The molecule has 1 aromatic heterocycles. The van der Waals surface area contributed by atoms with E-state index < -0.39 is 28.9 Å². The van der Waals surface area contributed by atoms with Crippen molar-refractivity contribution in [3.63, 3.8) is 0 Å². The molecular formula is C20H14F2N2O6. The van der Waals surface area contributed by atoms with Crippen molar-refractivity contribution in [2.75, 3.05) is 7.11 Å². The van der Waals surface area contributed by atoms with Crippen LogP contribution in [0.2, 0.25) is 0 Å². The van der Waals surface area contributed by atoms with Gasteiger partial charge in [-0.3, -0.25) is 10.1 Å². The summed E-state index contributed by atoms with van der Waals surface area (Å²) >= 11 is 0. The number of hydrogen-bond acceptors (Lipinski definition) is 6. The number of alkyl halides is 2. The third-order valence-electron chi connectivity index (χ3n) is 4.13. The van der Waals surface area contributed by atoms with Crippen LogP contribution in [0, 0.1) is 10.1 Å². The Morgan fingerprint density at radius 2 is 1.93 bits per heavy atom. The van der Waals surface area contributed by atoms with Gasteiger partial charge in [-0.1, -0.05) is 18.2 Å². The van der Waals surface area contributed by atoms with Crippen molar-refractivity contribution in [2.45, 2.75) is 6.61 Å². The number of nitro benzene ring substituents is 1. The molecule has 1 heterocycles. The fraction of sp³-hybridized carbons (Fsp3) is 0.100. The van der Waals surface area contributed by atoms with Crippen LogP contribution in [-0.2, 0) is 0 Å². The predicted octanol–water partition coefficient (Wildman–Crippen LogP) is 4.62. The van der Waals surface area contributed by atoms with Crippen LogP contribution in [0.25, 0.3) is 23.1 Å². The van der Waals surface area contributed by atoms with Gasteiger partial charge in [0.1, 0.15) is 0 Å². The maximum Gasteiger partial charge on any atom is 0.387 e. The standard InChI is InChI=1S/C20H14F2N2O6/c1-29-17-8-11(16(24(27)28)10-18(17)30-20(21)22)6-7-12-9-14(19(25)26)13-4-2-3-5-15(13)23-12/h2-10,20H,1H3,(H,25,26)/b7-6+. The topological polar surface area (TPSA) is 112 Å². The average Bonchev–Trinajstić information content (AvgIpc) is 2.71. The number of nitrogens with zero attached hydrogens (tertiary/aromatic N) is 2. The smallest absolute Gasteiger partial charge is 0.387 e. The summed E-state index contributed by atoms with van der Waals surface area (Å²) in [4.78, 5) is 26.5. The number of carbonyl (C=O) groups is 1. The van der Waals surface area contributed by atoms with Gasteiger partial charge in [-0.15, -0.1) is 0 Å². The van der Waals surface area contributed by atoms with Gasteiger partial charge >= 0.3 is 12.6 Å². The molecule has 0 saturated heterocycles. The summed E-state index contributed by atoms with van der Waals surface area (Å²) in [5.41, 5.74) is 0.234. The number of carboxylic acid groups (broad SMARTS) is 1. The first-order valence-corrected chi connectivity index (χ1v) is 8.42.